The van der Waals surface area contributed by atoms with Crippen LogP contribution in [-0.4, -0.2) is 30.2 Å². The summed E-state index contributed by atoms with van der Waals surface area (Å²) >= 11 is 5.88. The fourth-order valence-corrected chi connectivity index (χ4v) is 2.02. The highest BCUT2D eigenvalue weighted by Crippen LogP contribution is 2.23. The average Bonchev–Trinajstić information content (AvgIpc) is 2.56. The molecular formula is C16H15ClN2O3. The third-order valence-corrected chi connectivity index (χ3v) is 3.35. The van der Waals surface area contributed by atoms with Crippen molar-refractivity contribution in [2.45, 2.75) is 0 Å². The summed E-state index contributed by atoms with van der Waals surface area (Å²) in [5.74, 6) is -0.151. The lowest BCUT2D eigenvalue weighted by molar-refractivity contribution is -0.136. The topological polar surface area (TPSA) is 62.7 Å². The van der Waals surface area contributed by atoms with Crippen molar-refractivity contribution in [1.82, 2.24) is 4.98 Å². The molecule has 0 atom stereocenters. The highest BCUT2D eigenvalue weighted by atomic mass is 35.5. The zero-order chi connectivity index (χ0) is 16.1. The van der Waals surface area contributed by atoms with Crippen molar-refractivity contribution in [2.75, 3.05) is 19.1 Å². The first kappa shape index (κ1) is 15.9. The second-order valence-corrected chi connectivity index (χ2v) is 4.89. The number of halogens is 1. The molecule has 0 aliphatic carbocycles. The maximum absolute atomic E-state index is 11.6. The van der Waals surface area contributed by atoms with Crippen LogP contribution in [0.25, 0.3) is 11.3 Å². The van der Waals surface area contributed by atoms with Gasteiger partial charge in [-0.1, -0.05) is 29.8 Å². The number of anilines is 1. The number of hydrogen-bond donors (Lipinski definition) is 1. The summed E-state index contributed by atoms with van der Waals surface area (Å²) in [6.07, 6.45) is 0.697. The number of aromatic nitrogens is 1. The molecule has 2 rings (SSSR count). The zero-order valence-electron chi connectivity index (χ0n) is 12.2. The third-order valence-electron chi connectivity index (χ3n) is 3.10. The molecule has 1 aromatic heterocycles. The molecule has 1 N–H and O–H groups in total. The first-order chi connectivity index (χ1) is 10.6. The van der Waals surface area contributed by atoms with Crippen LogP contribution in [0.15, 0.2) is 54.4 Å². The number of aliphatic hydroxyl groups excluding tert-OH is 1. The van der Waals surface area contributed by atoms with Gasteiger partial charge in [0.15, 0.2) is 5.70 Å². The number of benzene rings is 1. The minimum absolute atomic E-state index is 0.0109. The van der Waals surface area contributed by atoms with Crippen LogP contribution in [0.1, 0.15) is 0 Å². The number of methoxy groups -OCH3 is 1. The van der Waals surface area contributed by atoms with Crippen molar-refractivity contribution in [1.29, 1.82) is 0 Å². The molecule has 1 aromatic carbocycles. The SMILES string of the molecule is COC(=O)/C(=C\O)N(C)c1cccc(-c2ccc(Cl)cc2)n1. The quantitative estimate of drug-likeness (QED) is 0.532. The number of esters is 1. The van der Waals surface area contributed by atoms with Crippen LogP contribution in [-0.2, 0) is 9.53 Å². The van der Waals surface area contributed by atoms with E-state index in [-0.39, 0.29) is 5.70 Å². The molecule has 0 amide bonds. The van der Waals surface area contributed by atoms with Gasteiger partial charge in [-0.05, 0) is 24.3 Å². The van der Waals surface area contributed by atoms with E-state index in [1.54, 1.807) is 25.2 Å². The van der Waals surface area contributed by atoms with E-state index < -0.39 is 5.97 Å². The summed E-state index contributed by atoms with van der Waals surface area (Å²) in [7, 11) is 2.87. The zero-order valence-corrected chi connectivity index (χ0v) is 12.9. The van der Waals surface area contributed by atoms with Crippen LogP contribution in [0.2, 0.25) is 5.02 Å². The molecule has 0 aliphatic rings. The Labute approximate surface area is 133 Å². The number of likely N-dealkylation sites (N-methyl/N-ethyl adjacent to an activating group) is 1. The van der Waals surface area contributed by atoms with Gasteiger partial charge in [0, 0.05) is 17.6 Å². The van der Waals surface area contributed by atoms with Crippen LogP contribution < -0.4 is 4.90 Å². The van der Waals surface area contributed by atoms with Gasteiger partial charge in [-0.25, -0.2) is 9.78 Å². The Morgan fingerprint density at radius 2 is 1.95 bits per heavy atom. The Balaban J connectivity index is 2.35. The summed E-state index contributed by atoms with van der Waals surface area (Å²) in [5, 5.41) is 9.88. The van der Waals surface area contributed by atoms with E-state index in [1.165, 1.54) is 12.0 Å². The molecule has 114 valence electrons. The molecule has 0 saturated heterocycles. The largest absolute Gasteiger partial charge is 0.513 e. The maximum atomic E-state index is 11.6. The summed E-state index contributed by atoms with van der Waals surface area (Å²) in [5.41, 5.74) is 1.61. The molecule has 0 fully saturated rings. The van der Waals surface area contributed by atoms with Crippen LogP contribution in [0.5, 0.6) is 0 Å². The molecule has 0 aliphatic heterocycles. The third kappa shape index (κ3) is 3.38. The molecule has 6 heteroatoms. The van der Waals surface area contributed by atoms with Gasteiger partial charge in [-0.2, -0.15) is 0 Å². The lowest BCUT2D eigenvalue weighted by atomic mass is 10.1. The molecule has 0 spiro atoms. The Morgan fingerprint density at radius 1 is 1.27 bits per heavy atom. The number of aliphatic hydroxyl groups is 1. The van der Waals surface area contributed by atoms with Crippen LogP contribution in [0.4, 0.5) is 5.82 Å². The second kappa shape index (κ2) is 6.95. The fraction of sp³-hybridized carbons (Fsp3) is 0.125. The predicted octanol–water partition coefficient (Wildman–Crippen LogP) is 3.41. The summed E-state index contributed by atoms with van der Waals surface area (Å²) in [6, 6.07) is 12.7. The van der Waals surface area contributed by atoms with Crippen LogP contribution >= 0.6 is 11.6 Å². The highest BCUT2D eigenvalue weighted by molar-refractivity contribution is 6.30. The van der Waals surface area contributed by atoms with Gasteiger partial charge >= 0.3 is 5.97 Å². The van der Waals surface area contributed by atoms with E-state index in [0.29, 0.717) is 17.1 Å². The smallest absolute Gasteiger partial charge is 0.357 e. The normalized spacial score (nSPS) is 11.1. The monoisotopic (exact) mass is 318 g/mol. The Hall–Kier alpha value is -2.53. The fourth-order valence-electron chi connectivity index (χ4n) is 1.90. The molecule has 22 heavy (non-hydrogen) atoms. The van der Waals surface area contributed by atoms with Crippen molar-refractivity contribution in [3.8, 4) is 11.3 Å². The van der Waals surface area contributed by atoms with Gasteiger partial charge in [0.1, 0.15) is 12.1 Å². The number of hydrogen-bond acceptors (Lipinski definition) is 5. The molecule has 0 unspecified atom stereocenters. The van der Waals surface area contributed by atoms with Gasteiger partial charge < -0.3 is 14.7 Å². The average molecular weight is 319 g/mol. The van der Waals surface area contributed by atoms with Crippen molar-refractivity contribution in [3.05, 3.63) is 59.4 Å². The van der Waals surface area contributed by atoms with Crippen molar-refractivity contribution >= 4 is 23.4 Å². The second-order valence-electron chi connectivity index (χ2n) is 4.45. The summed E-state index contributed by atoms with van der Waals surface area (Å²) in [4.78, 5) is 17.5. The molecule has 0 radical (unpaired) electrons. The van der Waals surface area contributed by atoms with E-state index in [9.17, 15) is 9.90 Å². The lowest BCUT2D eigenvalue weighted by Gasteiger charge is -2.19. The minimum atomic E-state index is -0.649. The minimum Gasteiger partial charge on any atom is -0.513 e. The Kier molecular flexibility index (Phi) is 5.01. The first-order valence-electron chi connectivity index (χ1n) is 6.46. The van der Waals surface area contributed by atoms with E-state index in [0.717, 1.165) is 11.3 Å². The lowest BCUT2D eigenvalue weighted by Crippen LogP contribution is -2.25. The predicted molar refractivity (Wildman–Crippen MR) is 85.8 cm³/mol. The molecule has 2 aromatic rings. The van der Waals surface area contributed by atoms with Crippen molar-refractivity contribution < 1.29 is 14.6 Å². The van der Waals surface area contributed by atoms with Crippen molar-refractivity contribution in [2.24, 2.45) is 0 Å². The van der Waals surface area contributed by atoms with Crippen LogP contribution in [0, 0.1) is 0 Å². The van der Waals surface area contributed by atoms with Gasteiger partial charge in [-0.3, -0.25) is 0 Å². The summed E-state index contributed by atoms with van der Waals surface area (Å²) in [6.45, 7) is 0. The van der Waals surface area contributed by atoms with E-state index in [1.807, 2.05) is 24.3 Å². The summed E-state index contributed by atoms with van der Waals surface area (Å²) < 4.78 is 4.62. The highest BCUT2D eigenvalue weighted by Gasteiger charge is 2.18. The number of carbonyl (C=O) groups is 1. The number of rotatable bonds is 4. The molecular weight excluding hydrogens is 304 g/mol. The number of pyridine rings is 1. The number of ether oxygens (including phenoxy) is 1. The van der Waals surface area contributed by atoms with Gasteiger partial charge in [0.05, 0.1) is 12.8 Å². The van der Waals surface area contributed by atoms with Gasteiger partial charge in [0.25, 0.3) is 0 Å². The molecule has 0 saturated carbocycles. The van der Waals surface area contributed by atoms with Crippen molar-refractivity contribution in [3.63, 3.8) is 0 Å². The van der Waals surface area contributed by atoms with Gasteiger partial charge in [-0.15, -0.1) is 0 Å². The molecule has 1 heterocycles. The Bertz CT molecular complexity index is 699. The van der Waals surface area contributed by atoms with E-state index >= 15 is 0 Å². The standard InChI is InChI=1S/C16H15ClN2O3/c1-19(14(10-20)16(21)22-2)15-5-3-4-13(18-15)11-6-8-12(17)9-7-11/h3-10,20H,1-2H3/b14-10+. The molecule has 5 nitrogen and oxygen atoms in total. The number of carbonyl (C=O) groups excluding carboxylic acids is 1. The van der Waals surface area contributed by atoms with Gasteiger partial charge in [0.2, 0.25) is 0 Å². The van der Waals surface area contributed by atoms with Crippen LogP contribution in [0.3, 0.4) is 0 Å². The number of nitrogens with zero attached hydrogens (tertiary/aromatic N) is 2. The first-order valence-corrected chi connectivity index (χ1v) is 6.84. The Morgan fingerprint density at radius 3 is 2.55 bits per heavy atom. The molecule has 0 bridgehead atoms. The van der Waals surface area contributed by atoms with E-state index in [2.05, 4.69) is 9.72 Å². The van der Waals surface area contributed by atoms with E-state index in [4.69, 9.17) is 11.6 Å². The maximum Gasteiger partial charge on any atom is 0.357 e.